The Kier molecular flexibility index (Phi) is 5.14. The molecule has 20 heavy (non-hydrogen) atoms. The molecule has 0 fully saturated rings. The topological polar surface area (TPSA) is 59.9 Å². The molecule has 0 aliphatic carbocycles. The highest BCUT2D eigenvalue weighted by atomic mass is 32.1. The zero-order valence-corrected chi connectivity index (χ0v) is 11.7. The molecule has 1 aromatic heterocycles. The van der Waals surface area contributed by atoms with Crippen LogP contribution in [0.25, 0.3) is 0 Å². The van der Waals surface area contributed by atoms with Gasteiger partial charge in [0.25, 0.3) is 5.91 Å². The molecule has 0 saturated heterocycles. The summed E-state index contributed by atoms with van der Waals surface area (Å²) < 4.78 is 5.14. The van der Waals surface area contributed by atoms with Gasteiger partial charge in [-0.3, -0.25) is 4.79 Å². The summed E-state index contributed by atoms with van der Waals surface area (Å²) in [5.41, 5.74) is 0.603. The van der Waals surface area contributed by atoms with Crippen LogP contribution in [0.15, 0.2) is 46.9 Å². The average molecular weight is 290 g/mol. The molecule has 0 saturated carbocycles. The number of hydrogen-bond acceptors (Lipinski definition) is 5. The lowest BCUT2D eigenvalue weighted by Crippen LogP contribution is -2.17. The van der Waals surface area contributed by atoms with Crippen LogP contribution < -0.4 is 10.1 Å². The summed E-state index contributed by atoms with van der Waals surface area (Å²) in [5.74, 6) is 0.306. The molecular weight excluding hydrogens is 276 g/mol. The Bertz CT molecular complexity index is 582. The van der Waals surface area contributed by atoms with Gasteiger partial charge in [0.15, 0.2) is 6.61 Å². The molecule has 2 aromatic rings. The molecule has 0 radical (unpaired) electrons. The van der Waals surface area contributed by atoms with Gasteiger partial charge < -0.3 is 14.9 Å². The Labute approximate surface area is 120 Å². The molecule has 5 nitrogen and oxygen atoms in total. The number of rotatable bonds is 6. The SMILES string of the molecule is COc1ccccc1NC(=O)CO/N=C/c1cccs1. The third-order valence-corrected chi connectivity index (χ3v) is 3.18. The van der Waals surface area contributed by atoms with Crippen LogP contribution in [0, 0.1) is 0 Å². The summed E-state index contributed by atoms with van der Waals surface area (Å²) in [6, 6.07) is 11.0. The molecule has 1 aromatic carbocycles. The normalized spacial score (nSPS) is 10.4. The third kappa shape index (κ3) is 4.10. The second-order valence-corrected chi connectivity index (χ2v) is 4.75. The van der Waals surface area contributed by atoms with E-state index in [4.69, 9.17) is 9.57 Å². The lowest BCUT2D eigenvalue weighted by atomic mass is 10.3. The van der Waals surface area contributed by atoms with Gasteiger partial charge in [0.05, 0.1) is 19.0 Å². The van der Waals surface area contributed by atoms with E-state index >= 15 is 0 Å². The first kappa shape index (κ1) is 14.1. The van der Waals surface area contributed by atoms with E-state index in [0.29, 0.717) is 11.4 Å². The van der Waals surface area contributed by atoms with E-state index < -0.39 is 0 Å². The molecule has 0 atom stereocenters. The number of carbonyl (C=O) groups excluding carboxylic acids is 1. The molecule has 1 heterocycles. The Balaban J connectivity index is 1.81. The lowest BCUT2D eigenvalue weighted by Gasteiger charge is -2.08. The zero-order valence-electron chi connectivity index (χ0n) is 10.9. The van der Waals surface area contributed by atoms with Crippen LogP contribution in [0.3, 0.4) is 0 Å². The van der Waals surface area contributed by atoms with Crippen molar-refractivity contribution in [3.63, 3.8) is 0 Å². The zero-order chi connectivity index (χ0) is 14.2. The Morgan fingerprint density at radius 2 is 2.20 bits per heavy atom. The van der Waals surface area contributed by atoms with Crippen molar-refractivity contribution in [1.29, 1.82) is 0 Å². The van der Waals surface area contributed by atoms with Gasteiger partial charge in [0.1, 0.15) is 5.75 Å². The first-order valence-corrected chi connectivity index (χ1v) is 6.79. The van der Waals surface area contributed by atoms with Crippen molar-refractivity contribution in [1.82, 2.24) is 0 Å². The molecular formula is C14H14N2O3S. The average Bonchev–Trinajstić information content (AvgIpc) is 2.97. The highest BCUT2D eigenvalue weighted by molar-refractivity contribution is 7.11. The van der Waals surface area contributed by atoms with Gasteiger partial charge in [-0.1, -0.05) is 23.4 Å². The second kappa shape index (κ2) is 7.30. The molecule has 0 aliphatic rings. The number of ether oxygens (including phenoxy) is 1. The molecule has 6 heteroatoms. The molecule has 1 amide bonds. The fourth-order valence-corrected chi connectivity index (χ4v) is 2.06. The molecule has 0 aliphatic heterocycles. The Morgan fingerprint density at radius 3 is 2.95 bits per heavy atom. The largest absolute Gasteiger partial charge is 0.495 e. The maximum Gasteiger partial charge on any atom is 0.265 e. The number of nitrogens with one attached hydrogen (secondary N) is 1. The summed E-state index contributed by atoms with van der Waals surface area (Å²) in [6.07, 6.45) is 1.57. The third-order valence-electron chi connectivity index (χ3n) is 2.37. The van der Waals surface area contributed by atoms with Crippen molar-refractivity contribution in [3.8, 4) is 5.75 Å². The van der Waals surface area contributed by atoms with Crippen LogP contribution in [0.5, 0.6) is 5.75 Å². The molecule has 0 spiro atoms. The minimum atomic E-state index is -0.294. The second-order valence-electron chi connectivity index (χ2n) is 3.77. The standard InChI is InChI=1S/C14H14N2O3S/c1-18-13-7-3-2-6-12(13)16-14(17)10-19-15-9-11-5-4-8-20-11/h2-9H,10H2,1H3,(H,16,17)/b15-9+. The number of anilines is 1. The van der Waals surface area contributed by atoms with Crippen molar-refractivity contribution >= 4 is 29.1 Å². The van der Waals surface area contributed by atoms with Gasteiger partial charge in [0, 0.05) is 4.88 Å². The van der Waals surface area contributed by atoms with E-state index in [1.54, 1.807) is 36.8 Å². The van der Waals surface area contributed by atoms with Crippen LogP contribution in [0.2, 0.25) is 0 Å². The number of methoxy groups -OCH3 is 1. The molecule has 0 bridgehead atoms. The summed E-state index contributed by atoms with van der Waals surface area (Å²) >= 11 is 1.54. The summed E-state index contributed by atoms with van der Waals surface area (Å²) in [5, 5.41) is 8.37. The molecule has 2 rings (SSSR count). The van der Waals surface area contributed by atoms with Gasteiger partial charge in [-0.05, 0) is 23.6 Å². The van der Waals surface area contributed by atoms with Crippen molar-refractivity contribution in [2.24, 2.45) is 5.16 Å². The monoisotopic (exact) mass is 290 g/mol. The Morgan fingerprint density at radius 1 is 1.35 bits per heavy atom. The van der Waals surface area contributed by atoms with Crippen molar-refractivity contribution < 1.29 is 14.4 Å². The smallest absolute Gasteiger partial charge is 0.265 e. The molecule has 1 N–H and O–H groups in total. The van der Waals surface area contributed by atoms with Gasteiger partial charge in [0.2, 0.25) is 0 Å². The van der Waals surface area contributed by atoms with Crippen molar-refractivity contribution in [2.45, 2.75) is 0 Å². The number of nitrogens with zero attached hydrogens (tertiary/aromatic N) is 1. The number of amides is 1. The fourth-order valence-electron chi connectivity index (χ4n) is 1.48. The van der Waals surface area contributed by atoms with Crippen molar-refractivity contribution in [2.75, 3.05) is 19.0 Å². The lowest BCUT2D eigenvalue weighted by molar-refractivity contribution is -0.120. The molecule has 104 valence electrons. The van der Waals surface area contributed by atoms with Crippen LogP contribution in [0.4, 0.5) is 5.69 Å². The quantitative estimate of drug-likeness (QED) is 0.657. The summed E-state index contributed by atoms with van der Waals surface area (Å²) in [6.45, 7) is -0.153. The minimum Gasteiger partial charge on any atom is -0.495 e. The highest BCUT2D eigenvalue weighted by Crippen LogP contribution is 2.22. The van der Waals surface area contributed by atoms with E-state index in [2.05, 4.69) is 10.5 Å². The maximum absolute atomic E-state index is 11.7. The van der Waals surface area contributed by atoms with Crippen LogP contribution >= 0.6 is 11.3 Å². The number of hydrogen-bond donors (Lipinski definition) is 1. The van der Waals surface area contributed by atoms with Crippen LogP contribution in [-0.2, 0) is 9.63 Å². The minimum absolute atomic E-state index is 0.153. The summed E-state index contributed by atoms with van der Waals surface area (Å²) in [7, 11) is 1.55. The maximum atomic E-state index is 11.7. The Hall–Kier alpha value is -2.34. The number of oxime groups is 1. The van der Waals surface area contributed by atoms with Gasteiger partial charge in [-0.15, -0.1) is 11.3 Å². The van der Waals surface area contributed by atoms with Gasteiger partial charge >= 0.3 is 0 Å². The summed E-state index contributed by atoms with van der Waals surface area (Å²) in [4.78, 5) is 17.6. The fraction of sp³-hybridized carbons (Fsp3) is 0.143. The van der Waals surface area contributed by atoms with Gasteiger partial charge in [-0.25, -0.2) is 0 Å². The highest BCUT2D eigenvalue weighted by Gasteiger charge is 2.06. The van der Waals surface area contributed by atoms with E-state index in [-0.39, 0.29) is 12.5 Å². The first-order chi connectivity index (χ1) is 9.79. The number of benzene rings is 1. The van der Waals surface area contributed by atoms with E-state index in [0.717, 1.165) is 4.88 Å². The van der Waals surface area contributed by atoms with Crippen LogP contribution in [0.1, 0.15) is 4.88 Å². The van der Waals surface area contributed by atoms with Crippen LogP contribution in [-0.4, -0.2) is 25.8 Å². The molecule has 0 unspecified atom stereocenters. The van der Waals surface area contributed by atoms with E-state index in [1.807, 2.05) is 29.6 Å². The van der Waals surface area contributed by atoms with Crippen molar-refractivity contribution in [3.05, 3.63) is 46.7 Å². The number of carbonyl (C=O) groups is 1. The number of para-hydroxylation sites is 2. The number of thiophene rings is 1. The first-order valence-electron chi connectivity index (χ1n) is 5.91. The van der Waals surface area contributed by atoms with Gasteiger partial charge in [-0.2, -0.15) is 0 Å². The van der Waals surface area contributed by atoms with E-state index in [1.165, 1.54) is 0 Å². The van der Waals surface area contributed by atoms with E-state index in [9.17, 15) is 4.79 Å². The predicted octanol–water partition coefficient (Wildman–Crippen LogP) is 2.75. The predicted molar refractivity (Wildman–Crippen MR) is 79.5 cm³/mol.